The number of thiazole rings is 1. The molecule has 0 bridgehead atoms. The molecule has 9 heteroatoms. The first-order valence-electron chi connectivity index (χ1n) is 7.83. The van der Waals surface area contributed by atoms with Crippen molar-refractivity contribution in [3.63, 3.8) is 0 Å². The second kappa shape index (κ2) is 7.67. The molecule has 0 aliphatic carbocycles. The lowest BCUT2D eigenvalue weighted by Crippen LogP contribution is -2.28. The molecule has 27 heavy (non-hydrogen) atoms. The summed E-state index contributed by atoms with van der Waals surface area (Å²) in [6.45, 7) is 0. The fourth-order valence-electron chi connectivity index (χ4n) is 2.41. The highest BCUT2D eigenvalue weighted by Gasteiger charge is 2.25. The first-order chi connectivity index (χ1) is 12.8. The van der Waals surface area contributed by atoms with Crippen molar-refractivity contribution in [1.29, 1.82) is 0 Å². The van der Waals surface area contributed by atoms with Crippen LogP contribution >= 0.6 is 22.9 Å². The monoisotopic (exact) mass is 421 g/mol. The Morgan fingerprint density at radius 3 is 2.44 bits per heavy atom. The highest BCUT2D eigenvalue weighted by Crippen LogP contribution is 2.27. The van der Waals surface area contributed by atoms with Crippen LogP contribution in [-0.2, 0) is 10.0 Å². The molecule has 6 nitrogen and oxygen atoms in total. The summed E-state index contributed by atoms with van der Waals surface area (Å²) in [6.07, 6.45) is 1.58. The normalized spacial score (nSPS) is 11.2. The summed E-state index contributed by atoms with van der Waals surface area (Å²) < 4.78 is 27.1. The van der Waals surface area contributed by atoms with Crippen LogP contribution in [0.25, 0.3) is 0 Å². The van der Waals surface area contributed by atoms with Crippen LogP contribution in [-0.4, -0.2) is 33.4 Å². The van der Waals surface area contributed by atoms with Crippen molar-refractivity contribution < 1.29 is 13.2 Å². The van der Waals surface area contributed by atoms with Gasteiger partial charge in [-0.1, -0.05) is 29.8 Å². The van der Waals surface area contributed by atoms with E-state index in [0.29, 0.717) is 10.8 Å². The predicted molar refractivity (Wildman–Crippen MR) is 108 cm³/mol. The molecule has 0 atom stereocenters. The number of hydrogen-bond acceptors (Lipinski definition) is 5. The molecule has 0 aliphatic heterocycles. The number of rotatable bonds is 5. The Balaban J connectivity index is 1.99. The molecule has 0 unspecified atom stereocenters. The molecular formula is C18H16ClN3O3S2. The number of carbonyl (C=O) groups is 1. The minimum Gasteiger partial charge on any atom is -0.287 e. The summed E-state index contributed by atoms with van der Waals surface area (Å²) in [5.74, 6) is -0.436. The number of benzene rings is 2. The van der Waals surface area contributed by atoms with E-state index in [0.717, 1.165) is 4.31 Å². The van der Waals surface area contributed by atoms with E-state index in [1.54, 1.807) is 49.0 Å². The summed E-state index contributed by atoms with van der Waals surface area (Å²) in [5.41, 5.74) is 0.608. The van der Waals surface area contributed by atoms with Gasteiger partial charge in [0.15, 0.2) is 5.13 Å². The van der Waals surface area contributed by atoms with Gasteiger partial charge >= 0.3 is 0 Å². The van der Waals surface area contributed by atoms with Crippen LogP contribution < -0.4 is 9.21 Å². The van der Waals surface area contributed by atoms with Gasteiger partial charge in [-0.15, -0.1) is 11.3 Å². The Bertz CT molecular complexity index is 1050. The van der Waals surface area contributed by atoms with Gasteiger partial charge in [0.1, 0.15) is 0 Å². The molecule has 0 fully saturated rings. The van der Waals surface area contributed by atoms with E-state index < -0.39 is 15.9 Å². The van der Waals surface area contributed by atoms with Gasteiger partial charge in [-0.25, -0.2) is 13.4 Å². The lowest BCUT2D eigenvalue weighted by Gasteiger charge is -2.20. The smallest absolute Gasteiger partial charge is 0.264 e. The van der Waals surface area contributed by atoms with Gasteiger partial charge in [0, 0.05) is 25.7 Å². The minimum atomic E-state index is -3.85. The Morgan fingerprint density at radius 2 is 1.81 bits per heavy atom. The minimum absolute atomic E-state index is 0.0193. The number of anilines is 2. The summed E-state index contributed by atoms with van der Waals surface area (Å²) in [7, 11) is -0.828. The van der Waals surface area contributed by atoms with Crippen molar-refractivity contribution in [2.75, 3.05) is 23.3 Å². The Morgan fingerprint density at radius 1 is 1.11 bits per heavy atom. The van der Waals surface area contributed by atoms with Crippen LogP contribution in [0.1, 0.15) is 10.4 Å². The third-order valence-electron chi connectivity index (χ3n) is 3.96. The average molecular weight is 422 g/mol. The van der Waals surface area contributed by atoms with E-state index in [1.807, 2.05) is 0 Å². The largest absolute Gasteiger partial charge is 0.287 e. The van der Waals surface area contributed by atoms with Gasteiger partial charge in [0.05, 0.1) is 21.2 Å². The maximum absolute atomic E-state index is 13.0. The van der Waals surface area contributed by atoms with Gasteiger partial charge in [-0.3, -0.25) is 14.0 Å². The van der Waals surface area contributed by atoms with Crippen LogP contribution in [0, 0.1) is 0 Å². The zero-order valence-electron chi connectivity index (χ0n) is 14.5. The molecule has 0 radical (unpaired) electrons. The molecule has 0 spiro atoms. The highest BCUT2D eigenvalue weighted by atomic mass is 35.5. The van der Waals surface area contributed by atoms with Gasteiger partial charge in [-0.05, 0) is 30.3 Å². The number of sulfonamides is 1. The second-order valence-electron chi connectivity index (χ2n) is 5.63. The first kappa shape index (κ1) is 19.3. The predicted octanol–water partition coefficient (Wildman–Crippen LogP) is 3.90. The average Bonchev–Trinajstić information content (AvgIpc) is 3.22. The van der Waals surface area contributed by atoms with Crippen molar-refractivity contribution in [2.24, 2.45) is 0 Å². The van der Waals surface area contributed by atoms with Crippen molar-refractivity contribution in [3.8, 4) is 0 Å². The van der Waals surface area contributed by atoms with E-state index >= 15 is 0 Å². The van der Waals surface area contributed by atoms with Crippen LogP contribution in [0.4, 0.5) is 10.8 Å². The van der Waals surface area contributed by atoms with Crippen molar-refractivity contribution >= 4 is 49.7 Å². The lowest BCUT2D eigenvalue weighted by atomic mass is 10.2. The lowest BCUT2D eigenvalue weighted by molar-refractivity contribution is 0.0993. The van der Waals surface area contributed by atoms with Crippen LogP contribution in [0.2, 0.25) is 5.02 Å². The summed E-state index contributed by atoms with van der Waals surface area (Å²) >= 11 is 7.47. The molecule has 1 aromatic heterocycles. The standard InChI is InChI=1S/C18H16ClN3O3S2/c1-21(18-20-10-11-26-18)17(23)15-12-14(8-9-16(15)19)27(24,25)22(2)13-6-4-3-5-7-13/h3-12H,1-2H3. The molecular weight excluding hydrogens is 406 g/mol. The molecule has 0 N–H and O–H groups in total. The maximum atomic E-state index is 13.0. The van der Waals surface area contributed by atoms with E-state index in [2.05, 4.69) is 4.98 Å². The van der Waals surface area contributed by atoms with Gasteiger partial charge < -0.3 is 0 Å². The number of nitrogens with zero attached hydrogens (tertiary/aromatic N) is 3. The molecule has 1 amide bonds. The number of amides is 1. The summed E-state index contributed by atoms with van der Waals surface area (Å²) in [5, 5.41) is 2.41. The third-order valence-corrected chi connectivity index (χ3v) is 6.92. The topological polar surface area (TPSA) is 70.6 Å². The van der Waals surface area contributed by atoms with Crippen molar-refractivity contribution in [1.82, 2.24) is 4.98 Å². The van der Waals surface area contributed by atoms with Crippen LogP contribution in [0.15, 0.2) is 65.0 Å². The van der Waals surface area contributed by atoms with E-state index in [1.165, 1.54) is 41.5 Å². The molecule has 0 saturated heterocycles. The van der Waals surface area contributed by atoms with Gasteiger partial charge in [-0.2, -0.15) is 0 Å². The molecule has 140 valence electrons. The number of carbonyl (C=O) groups excluding carboxylic acids is 1. The van der Waals surface area contributed by atoms with Crippen LogP contribution in [0.5, 0.6) is 0 Å². The molecule has 2 aromatic carbocycles. The zero-order chi connectivity index (χ0) is 19.6. The molecule has 0 aliphatic rings. The first-order valence-corrected chi connectivity index (χ1v) is 10.5. The zero-order valence-corrected chi connectivity index (χ0v) is 16.9. The Hall–Kier alpha value is -2.42. The van der Waals surface area contributed by atoms with Gasteiger partial charge in [0.25, 0.3) is 15.9 Å². The van der Waals surface area contributed by atoms with Gasteiger partial charge in [0.2, 0.25) is 0 Å². The molecule has 3 aromatic rings. The van der Waals surface area contributed by atoms with Crippen molar-refractivity contribution in [3.05, 3.63) is 70.7 Å². The highest BCUT2D eigenvalue weighted by molar-refractivity contribution is 7.92. The number of hydrogen-bond donors (Lipinski definition) is 0. The van der Waals surface area contributed by atoms with E-state index in [9.17, 15) is 13.2 Å². The molecule has 0 saturated carbocycles. The second-order valence-corrected chi connectivity index (χ2v) is 8.88. The van der Waals surface area contributed by atoms with E-state index in [4.69, 9.17) is 11.6 Å². The Kier molecular flexibility index (Phi) is 5.50. The third kappa shape index (κ3) is 3.83. The number of aromatic nitrogens is 1. The number of para-hydroxylation sites is 1. The quantitative estimate of drug-likeness (QED) is 0.626. The summed E-state index contributed by atoms with van der Waals surface area (Å²) in [6, 6.07) is 12.8. The summed E-state index contributed by atoms with van der Waals surface area (Å²) in [4.78, 5) is 18.2. The Labute approximate surface area is 166 Å². The number of halogens is 1. The maximum Gasteiger partial charge on any atom is 0.264 e. The molecule has 3 rings (SSSR count). The fourth-order valence-corrected chi connectivity index (χ4v) is 4.44. The van der Waals surface area contributed by atoms with Crippen LogP contribution in [0.3, 0.4) is 0 Å². The van der Waals surface area contributed by atoms with Crippen molar-refractivity contribution in [2.45, 2.75) is 4.90 Å². The fraction of sp³-hybridized carbons (Fsp3) is 0.111. The molecule has 1 heterocycles. The van der Waals surface area contributed by atoms with E-state index in [-0.39, 0.29) is 15.5 Å². The SMILES string of the molecule is CN(C(=O)c1cc(S(=O)(=O)N(C)c2ccccc2)ccc1Cl)c1nccs1.